The van der Waals surface area contributed by atoms with E-state index in [1.165, 1.54) is 25.7 Å². The summed E-state index contributed by atoms with van der Waals surface area (Å²) in [6.07, 6.45) is 7.63. The average molecular weight is 262 g/mol. The van der Waals surface area contributed by atoms with E-state index in [0.717, 1.165) is 37.1 Å². The van der Waals surface area contributed by atoms with Crippen molar-refractivity contribution in [1.29, 1.82) is 0 Å². The number of hydrogen-bond acceptors (Lipinski definition) is 5. The Bertz CT molecular complexity index is 420. The highest BCUT2D eigenvalue weighted by Crippen LogP contribution is 2.25. The minimum absolute atomic E-state index is 0.218. The molecule has 0 bridgehead atoms. The first kappa shape index (κ1) is 12.7. The molecule has 1 aliphatic carbocycles. The normalized spacial score (nSPS) is 24.1. The fraction of sp³-hybridized carbons (Fsp3) is 0.714. The first-order valence-electron chi connectivity index (χ1n) is 7.30. The van der Waals surface area contributed by atoms with Gasteiger partial charge in [-0.05, 0) is 25.2 Å². The minimum atomic E-state index is -0.218. The number of aromatic nitrogens is 2. The lowest BCUT2D eigenvalue weighted by molar-refractivity contribution is 0.198. The van der Waals surface area contributed by atoms with E-state index >= 15 is 0 Å². The van der Waals surface area contributed by atoms with Gasteiger partial charge < -0.3 is 15.3 Å². The van der Waals surface area contributed by atoms with Gasteiger partial charge in [-0.2, -0.15) is 0 Å². The second kappa shape index (κ2) is 5.74. The number of hydrogen-bond donors (Lipinski definition) is 2. The molecule has 1 saturated heterocycles. The van der Waals surface area contributed by atoms with E-state index < -0.39 is 0 Å². The standard InChI is InChI=1S/C14H22N4O/c19-12-5-6-18(9-12)14-7-13(16-10-17-14)15-8-11-3-1-2-4-11/h7,10-12,19H,1-6,8-9H2,(H,15,16,17). The maximum Gasteiger partial charge on any atom is 0.134 e. The summed E-state index contributed by atoms with van der Waals surface area (Å²) in [5, 5.41) is 13.0. The molecule has 5 heteroatoms. The Morgan fingerprint density at radius 1 is 1.26 bits per heavy atom. The van der Waals surface area contributed by atoms with Crippen LogP contribution in [0.4, 0.5) is 11.6 Å². The molecule has 19 heavy (non-hydrogen) atoms. The Hall–Kier alpha value is -1.36. The zero-order valence-corrected chi connectivity index (χ0v) is 11.3. The third-order valence-electron chi connectivity index (χ3n) is 4.19. The summed E-state index contributed by atoms with van der Waals surface area (Å²) >= 11 is 0. The summed E-state index contributed by atoms with van der Waals surface area (Å²) in [6.45, 7) is 2.57. The van der Waals surface area contributed by atoms with Crippen LogP contribution in [0.15, 0.2) is 12.4 Å². The van der Waals surface area contributed by atoms with Gasteiger partial charge in [0.15, 0.2) is 0 Å². The van der Waals surface area contributed by atoms with Crippen LogP contribution in [0.1, 0.15) is 32.1 Å². The predicted molar refractivity (Wildman–Crippen MR) is 75.3 cm³/mol. The van der Waals surface area contributed by atoms with Gasteiger partial charge in [-0.3, -0.25) is 0 Å². The fourth-order valence-electron chi connectivity index (χ4n) is 3.03. The van der Waals surface area contributed by atoms with Gasteiger partial charge in [0.05, 0.1) is 6.10 Å². The van der Waals surface area contributed by atoms with Crippen LogP contribution < -0.4 is 10.2 Å². The third-order valence-corrected chi connectivity index (χ3v) is 4.19. The van der Waals surface area contributed by atoms with Crippen molar-refractivity contribution in [2.45, 2.75) is 38.2 Å². The van der Waals surface area contributed by atoms with Gasteiger partial charge in [0, 0.05) is 25.7 Å². The van der Waals surface area contributed by atoms with Crippen LogP contribution in [-0.4, -0.2) is 40.8 Å². The van der Waals surface area contributed by atoms with Crippen LogP contribution in [-0.2, 0) is 0 Å². The van der Waals surface area contributed by atoms with E-state index in [1.807, 2.05) is 6.07 Å². The van der Waals surface area contributed by atoms with Crippen molar-refractivity contribution in [3.63, 3.8) is 0 Å². The SMILES string of the molecule is OC1CCN(c2cc(NCC3CCCC3)ncn2)C1. The van der Waals surface area contributed by atoms with Crippen molar-refractivity contribution in [3.8, 4) is 0 Å². The van der Waals surface area contributed by atoms with Crippen LogP contribution in [0.3, 0.4) is 0 Å². The van der Waals surface area contributed by atoms with Gasteiger partial charge in [0.1, 0.15) is 18.0 Å². The van der Waals surface area contributed by atoms with Crippen LogP contribution >= 0.6 is 0 Å². The van der Waals surface area contributed by atoms with E-state index in [4.69, 9.17) is 0 Å². The summed E-state index contributed by atoms with van der Waals surface area (Å²) < 4.78 is 0. The summed E-state index contributed by atoms with van der Waals surface area (Å²) in [5.41, 5.74) is 0. The van der Waals surface area contributed by atoms with Gasteiger partial charge in [-0.15, -0.1) is 0 Å². The lowest BCUT2D eigenvalue weighted by Gasteiger charge is -2.17. The van der Waals surface area contributed by atoms with E-state index in [2.05, 4.69) is 20.2 Å². The number of β-amino-alcohol motifs (C(OH)–C–C–N with tert-alkyl or cyclic N) is 1. The van der Waals surface area contributed by atoms with Gasteiger partial charge >= 0.3 is 0 Å². The maximum absolute atomic E-state index is 9.58. The quantitative estimate of drug-likeness (QED) is 0.864. The molecule has 0 aromatic carbocycles. The number of rotatable bonds is 4. The fourth-order valence-corrected chi connectivity index (χ4v) is 3.03. The van der Waals surface area contributed by atoms with Gasteiger partial charge in [0.25, 0.3) is 0 Å². The molecule has 1 atom stereocenters. The lowest BCUT2D eigenvalue weighted by atomic mass is 10.1. The third kappa shape index (κ3) is 3.15. The van der Waals surface area contributed by atoms with Gasteiger partial charge in [-0.25, -0.2) is 9.97 Å². The molecule has 1 aromatic rings. The van der Waals surface area contributed by atoms with Crippen molar-refractivity contribution in [1.82, 2.24) is 9.97 Å². The van der Waals surface area contributed by atoms with Crippen LogP contribution in [0.2, 0.25) is 0 Å². The summed E-state index contributed by atoms with van der Waals surface area (Å²) in [6, 6.07) is 1.99. The molecule has 1 saturated carbocycles. The monoisotopic (exact) mass is 262 g/mol. The van der Waals surface area contributed by atoms with E-state index in [0.29, 0.717) is 6.54 Å². The van der Waals surface area contributed by atoms with Crippen LogP contribution in [0.5, 0.6) is 0 Å². The van der Waals surface area contributed by atoms with Gasteiger partial charge in [-0.1, -0.05) is 12.8 Å². The molecule has 0 radical (unpaired) electrons. The number of anilines is 2. The molecule has 0 amide bonds. The topological polar surface area (TPSA) is 61.3 Å². The van der Waals surface area contributed by atoms with Crippen molar-refractivity contribution in [3.05, 3.63) is 12.4 Å². The molecule has 1 aromatic heterocycles. The second-order valence-corrected chi connectivity index (χ2v) is 5.68. The van der Waals surface area contributed by atoms with E-state index in [-0.39, 0.29) is 6.10 Å². The lowest BCUT2D eigenvalue weighted by Crippen LogP contribution is -2.22. The van der Waals surface area contributed by atoms with Crippen molar-refractivity contribution in [2.24, 2.45) is 5.92 Å². The van der Waals surface area contributed by atoms with Gasteiger partial charge in [0.2, 0.25) is 0 Å². The number of nitrogens with zero attached hydrogens (tertiary/aromatic N) is 3. The molecule has 2 fully saturated rings. The molecule has 104 valence electrons. The molecule has 2 heterocycles. The van der Waals surface area contributed by atoms with Crippen molar-refractivity contribution in [2.75, 3.05) is 29.9 Å². The summed E-state index contributed by atoms with van der Waals surface area (Å²) in [4.78, 5) is 10.7. The van der Waals surface area contributed by atoms with Crippen molar-refractivity contribution >= 4 is 11.6 Å². The Morgan fingerprint density at radius 2 is 2.11 bits per heavy atom. The minimum Gasteiger partial charge on any atom is -0.391 e. The molecule has 0 spiro atoms. The van der Waals surface area contributed by atoms with E-state index in [1.54, 1.807) is 6.33 Å². The molecular formula is C14H22N4O. The Kier molecular flexibility index (Phi) is 3.82. The maximum atomic E-state index is 9.58. The Labute approximate surface area is 114 Å². The molecule has 5 nitrogen and oxygen atoms in total. The molecule has 2 N–H and O–H groups in total. The zero-order valence-electron chi connectivity index (χ0n) is 11.3. The highest BCUT2D eigenvalue weighted by Gasteiger charge is 2.21. The van der Waals surface area contributed by atoms with Crippen molar-refractivity contribution < 1.29 is 5.11 Å². The number of aliphatic hydroxyl groups is 1. The summed E-state index contributed by atoms with van der Waals surface area (Å²) in [5.74, 6) is 2.62. The Balaban J connectivity index is 1.59. The van der Waals surface area contributed by atoms with Crippen LogP contribution in [0.25, 0.3) is 0 Å². The Morgan fingerprint density at radius 3 is 2.84 bits per heavy atom. The molecule has 3 rings (SSSR count). The molecular weight excluding hydrogens is 240 g/mol. The number of nitrogens with one attached hydrogen (secondary N) is 1. The first-order valence-corrected chi connectivity index (χ1v) is 7.30. The summed E-state index contributed by atoms with van der Waals surface area (Å²) in [7, 11) is 0. The highest BCUT2D eigenvalue weighted by molar-refractivity contribution is 5.49. The highest BCUT2D eigenvalue weighted by atomic mass is 16.3. The predicted octanol–water partition coefficient (Wildman–Crippen LogP) is 1.65. The smallest absolute Gasteiger partial charge is 0.134 e. The molecule has 1 unspecified atom stereocenters. The first-order chi connectivity index (χ1) is 9.31. The largest absolute Gasteiger partial charge is 0.391 e. The number of aliphatic hydroxyl groups excluding tert-OH is 1. The second-order valence-electron chi connectivity index (χ2n) is 5.68. The van der Waals surface area contributed by atoms with E-state index in [9.17, 15) is 5.11 Å². The molecule has 1 aliphatic heterocycles. The van der Waals surface area contributed by atoms with Crippen LogP contribution in [0, 0.1) is 5.92 Å². The molecule has 2 aliphatic rings. The zero-order chi connectivity index (χ0) is 13.1. The average Bonchev–Trinajstić information content (AvgIpc) is 3.08.